The highest BCUT2D eigenvalue weighted by molar-refractivity contribution is 5.29. The fraction of sp³-hybridized carbons (Fsp3) is 0.926. The average Bonchev–Trinajstić information content (AvgIpc) is 3.02. The smallest absolute Gasteiger partial charge is 0.101 e. The van der Waals surface area contributed by atoms with Crippen molar-refractivity contribution >= 4 is 0 Å². The molecule has 0 amide bonds. The lowest BCUT2D eigenvalue weighted by atomic mass is 9.46. The van der Waals surface area contributed by atoms with Crippen molar-refractivity contribution in [1.82, 2.24) is 0 Å². The Morgan fingerprint density at radius 3 is 2.45 bits per heavy atom. The van der Waals surface area contributed by atoms with Gasteiger partial charge in [0.05, 0.1) is 6.10 Å². The second-order valence-electron chi connectivity index (χ2n) is 12.3. The Morgan fingerprint density at radius 2 is 1.72 bits per heavy atom. The van der Waals surface area contributed by atoms with Crippen LogP contribution in [0.2, 0.25) is 0 Å². The molecule has 4 aliphatic carbocycles. The van der Waals surface area contributed by atoms with Crippen LogP contribution < -0.4 is 0 Å². The molecule has 4 aliphatic rings. The molecule has 2 heteroatoms. The van der Waals surface area contributed by atoms with E-state index in [9.17, 15) is 10.2 Å². The zero-order valence-electron chi connectivity index (χ0n) is 19.7. The van der Waals surface area contributed by atoms with Crippen molar-refractivity contribution in [3.63, 3.8) is 0 Å². The van der Waals surface area contributed by atoms with Crippen molar-refractivity contribution in [2.75, 3.05) is 0 Å². The largest absolute Gasteiger partial charge is 0.390 e. The molecule has 7 unspecified atom stereocenters. The van der Waals surface area contributed by atoms with E-state index in [0.717, 1.165) is 48.9 Å². The normalized spacial score (nSPS) is 47.9. The van der Waals surface area contributed by atoms with Gasteiger partial charge in [0.1, 0.15) is 6.10 Å². The van der Waals surface area contributed by atoms with Crippen molar-refractivity contribution in [1.29, 1.82) is 0 Å². The fourth-order valence-corrected chi connectivity index (χ4v) is 8.74. The SMILES string of the molecule is CC(C)CCCC(C)C1CCC2C3CC=C4C(O)C(O)CC[C@]4(C)C3CC[C@]12C. The standard InChI is InChI=1S/C27H46O2/c1-17(2)7-6-8-18(3)20-11-12-21-19-9-10-23-25(29)24(28)14-16-27(23,5)22(19)13-15-26(20,21)4/h10,17-22,24-25,28-29H,6-9,11-16H2,1-5H3/t18?,19?,20?,21?,22?,24?,25?,26-,27-/m1/s1. The highest BCUT2D eigenvalue weighted by Gasteiger charge is 2.60. The minimum atomic E-state index is -0.625. The average molecular weight is 403 g/mol. The molecular weight excluding hydrogens is 356 g/mol. The lowest BCUT2D eigenvalue weighted by molar-refractivity contribution is -0.0801. The zero-order chi connectivity index (χ0) is 21.0. The molecule has 2 N–H and O–H groups in total. The number of hydrogen-bond acceptors (Lipinski definition) is 2. The second kappa shape index (κ2) is 7.97. The molecule has 4 rings (SSSR count). The van der Waals surface area contributed by atoms with Gasteiger partial charge in [0.25, 0.3) is 0 Å². The van der Waals surface area contributed by atoms with Crippen molar-refractivity contribution in [3.05, 3.63) is 11.6 Å². The topological polar surface area (TPSA) is 40.5 Å². The third-order valence-electron chi connectivity index (χ3n) is 10.4. The second-order valence-corrected chi connectivity index (χ2v) is 12.3. The zero-order valence-corrected chi connectivity index (χ0v) is 19.7. The Morgan fingerprint density at radius 1 is 0.966 bits per heavy atom. The predicted molar refractivity (Wildman–Crippen MR) is 120 cm³/mol. The van der Waals surface area contributed by atoms with Gasteiger partial charge in [0, 0.05) is 0 Å². The van der Waals surface area contributed by atoms with E-state index in [1.165, 1.54) is 50.5 Å². The maximum atomic E-state index is 10.7. The summed E-state index contributed by atoms with van der Waals surface area (Å²) in [4.78, 5) is 0. The number of rotatable bonds is 5. The highest BCUT2D eigenvalue weighted by atomic mass is 16.3. The van der Waals surface area contributed by atoms with E-state index in [2.05, 4.69) is 40.7 Å². The van der Waals surface area contributed by atoms with E-state index in [4.69, 9.17) is 0 Å². The number of aliphatic hydroxyl groups is 2. The predicted octanol–water partition coefficient (Wildman–Crippen LogP) is 6.36. The van der Waals surface area contributed by atoms with E-state index >= 15 is 0 Å². The van der Waals surface area contributed by atoms with Crippen LogP contribution in [-0.2, 0) is 0 Å². The summed E-state index contributed by atoms with van der Waals surface area (Å²) >= 11 is 0. The van der Waals surface area contributed by atoms with Gasteiger partial charge in [-0.3, -0.25) is 0 Å². The number of allylic oxidation sites excluding steroid dienone is 1. The van der Waals surface area contributed by atoms with E-state index in [0.29, 0.717) is 11.3 Å². The quantitative estimate of drug-likeness (QED) is 0.525. The minimum Gasteiger partial charge on any atom is -0.390 e. The summed E-state index contributed by atoms with van der Waals surface area (Å²) < 4.78 is 0. The molecule has 0 aromatic carbocycles. The number of hydrogen-bond donors (Lipinski definition) is 2. The van der Waals surface area contributed by atoms with Gasteiger partial charge in [0.2, 0.25) is 0 Å². The molecule has 0 heterocycles. The van der Waals surface area contributed by atoms with Gasteiger partial charge in [0.15, 0.2) is 0 Å². The van der Waals surface area contributed by atoms with E-state index in [1.54, 1.807) is 0 Å². The maximum Gasteiger partial charge on any atom is 0.101 e. The van der Waals surface area contributed by atoms with Crippen LogP contribution in [0.15, 0.2) is 11.6 Å². The van der Waals surface area contributed by atoms with Gasteiger partial charge >= 0.3 is 0 Å². The van der Waals surface area contributed by atoms with E-state index in [1.807, 2.05) is 0 Å². The molecule has 0 spiro atoms. The molecule has 3 fully saturated rings. The van der Waals surface area contributed by atoms with Gasteiger partial charge in [-0.2, -0.15) is 0 Å². The van der Waals surface area contributed by atoms with Crippen LogP contribution >= 0.6 is 0 Å². The highest BCUT2D eigenvalue weighted by Crippen LogP contribution is 2.67. The lowest BCUT2D eigenvalue weighted by Gasteiger charge is -2.59. The molecule has 2 nitrogen and oxygen atoms in total. The van der Waals surface area contributed by atoms with Gasteiger partial charge in [-0.05, 0) is 96.9 Å². The Balaban J connectivity index is 1.51. The van der Waals surface area contributed by atoms with Crippen LogP contribution in [0.25, 0.3) is 0 Å². The van der Waals surface area contributed by atoms with Crippen LogP contribution in [0, 0.1) is 46.3 Å². The molecule has 3 saturated carbocycles. The third-order valence-corrected chi connectivity index (χ3v) is 10.4. The van der Waals surface area contributed by atoms with Crippen molar-refractivity contribution in [3.8, 4) is 0 Å². The molecule has 29 heavy (non-hydrogen) atoms. The van der Waals surface area contributed by atoms with Crippen LogP contribution in [0.3, 0.4) is 0 Å². The molecule has 0 aliphatic heterocycles. The monoisotopic (exact) mass is 402 g/mol. The first-order valence-electron chi connectivity index (χ1n) is 12.7. The summed E-state index contributed by atoms with van der Waals surface area (Å²) in [5.74, 6) is 4.95. The third kappa shape index (κ3) is 3.55. The molecule has 0 bridgehead atoms. The van der Waals surface area contributed by atoms with Crippen LogP contribution in [-0.4, -0.2) is 22.4 Å². The number of aliphatic hydroxyl groups excluding tert-OH is 2. The Kier molecular flexibility index (Phi) is 6.01. The first-order valence-corrected chi connectivity index (χ1v) is 12.7. The van der Waals surface area contributed by atoms with Crippen LogP contribution in [0.1, 0.15) is 98.8 Å². The van der Waals surface area contributed by atoms with Gasteiger partial charge in [-0.1, -0.05) is 60.0 Å². The lowest BCUT2D eigenvalue weighted by Crippen LogP contribution is -2.53. The minimum absolute atomic E-state index is 0.115. The first-order chi connectivity index (χ1) is 13.7. The Hall–Kier alpha value is -0.340. The number of fused-ring (bicyclic) bond motifs is 5. The van der Waals surface area contributed by atoms with Crippen molar-refractivity contribution in [2.24, 2.45) is 46.3 Å². The van der Waals surface area contributed by atoms with Crippen LogP contribution in [0.4, 0.5) is 0 Å². The van der Waals surface area contributed by atoms with Crippen molar-refractivity contribution < 1.29 is 10.2 Å². The summed E-state index contributed by atoms with van der Waals surface area (Å²) in [5, 5.41) is 20.9. The summed E-state index contributed by atoms with van der Waals surface area (Å²) in [6.45, 7) is 12.3. The summed E-state index contributed by atoms with van der Waals surface area (Å²) in [6.07, 6.45) is 13.9. The first kappa shape index (κ1) is 21.9. The van der Waals surface area contributed by atoms with E-state index in [-0.39, 0.29) is 5.41 Å². The molecule has 0 saturated heterocycles. The molecule has 0 radical (unpaired) electrons. The molecule has 0 aromatic heterocycles. The maximum absolute atomic E-state index is 10.7. The van der Waals surface area contributed by atoms with Crippen molar-refractivity contribution in [2.45, 2.75) is 111 Å². The van der Waals surface area contributed by atoms with Gasteiger partial charge in [-0.15, -0.1) is 0 Å². The summed E-state index contributed by atoms with van der Waals surface area (Å²) in [6, 6.07) is 0. The summed E-state index contributed by atoms with van der Waals surface area (Å²) in [7, 11) is 0. The van der Waals surface area contributed by atoms with Gasteiger partial charge in [-0.25, -0.2) is 0 Å². The van der Waals surface area contributed by atoms with Crippen LogP contribution in [0.5, 0.6) is 0 Å². The van der Waals surface area contributed by atoms with Gasteiger partial charge < -0.3 is 10.2 Å². The van der Waals surface area contributed by atoms with E-state index < -0.39 is 12.2 Å². The Labute approximate surface area is 179 Å². The summed E-state index contributed by atoms with van der Waals surface area (Å²) in [5.41, 5.74) is 1.81. The molecule has 0 aromatic rings. The molecule has 9 atom stereocenters. The Bertz CT molecular complexity index is 624. The fourth-order valence-electron chi connectivity index (χ4n) is 8.74. The molecule has 166 valence electrons. The molecular formula is C27H46O2.